The Morgan fingerprint density at radius 2 is 2.23 bits per heavy atom. The topological polar surface area (TPSA) is 77.2 Å². The van der Waals surface area contributed by atoms with Gasteiger partial charge in [-0.3, -0.25) is 14.4 Å². The number of hydrogen-bond donors (Lipinski definition) is 1. The van der Waals surface area contributed by atoms with Crippen molar-refractivity contribution in [3.8, 4) is 0 Å². The highest BCUT2D eigenvalue weighted by molar-refractivity contribution is 5.78. The van der Waals surface area contributed by atoms with E-state index in [4.69, 9.17) is 9.72 Å². The van der Waals surface area contributed by atoms with Crippen LogP contribution in [0.5, 0.6) is 0 Å². The van der Waals surface area contributed by atoms with E-state index in [1.54, 1.807) is 7.11 Å². The van der Waals surface area contributed by atoms with Gasteiger partial charge >= 0.3 is 0 Å². The Bertz CT molecular complexity index is 766. The molecular weight excluding hydrogens is 332 g/mol. The van der Waals surface area contributed by atoms with Gasteiger partial charge in [-0.05, 0) is 19.9 Å². The normalized spacial score (nSPS) is 17.3. The van der Waals surface area contributed by atoms with Gasteiger partial charge < -0.3 is 14.6 Å². The van der Waals surface area contributed by atoms with Crippen LogP contribution in [0.25, 0.3) is 0 Å². The highest BCUT2D eigenvalue weighted by atomic mass is 16.5. The van der Waals surface area contributed by atoms with Crippen LogP contribution in [0.4, 0.5) is 0 Å². The fraction of sp³-hybridized carbons (Fsp3) is 0.611. The molecule has 0 unspecified atom stereocenters. The van der Waals surface area contributed by atoms with E-state index < -0.39 is 0 Å². The number of carbonyl (C=O) groups excluding carboxylic acids is 1. The van der Waals surface area contributed by atoms with Gasteiger partial charge in [0.1, 0.15) is 5.82 Å². The third-order valence-electron chi connectivity index (χ3n) is 4.84. The van der Waals surface area contributed by atoms with Gasteiger partial charge in [0.05, 0.1) is 36.2 Å². The summed E-state index contributed by atoms with van der Waals surface area (Å²) in [6.45, 7) is 7.91. The maximum Gasteiger partial charge on any atom is 0.226 e. The first-order chi connectivity index (χ1) is 12.5. The number of imidazole rings is 1. The van der Waals surface area contributed by atoms with Crippen LogP contribution < -0.4 is 5.32 Å². The van der Waals surface area contributed by atoms with Crippen molar-refractivity contribution in [3.63, 3.8) is 0 Å². The maximum atomic E-state index is 12.0. The second-order valence-electron chi connectivity index (χ2n) is 6.85. The van der Waals surface area contributed by atoms with Gasteiger partial charge in [-0.15, -0.1) is 0 Å². The van der Waals surface area contributed by atoms with Gasteiger partial charge in [0.15, 0.2) is 0 Å². The standard InChI is InChI=1S/C18H28N6O2/c1-13-9-16(22(3)21-13)12-23-6-7-24-11-15(20-18(24)14(23)2)10-17(25)19-5-8-26-4/h9,11,14H,5-8,10,12H2,1-4H3,(H,19,25)/t14-/m0/s1. The average molecular weight is 360 g/mol. The molecule has 0 saturated carbocycles. The van der Waals surface area contributed by atoms with Gasteiger partial charge in [0.2, 0.25) is 5.91 Å². The SMILES string of the molecule is COCCNC(=O)Cc1cn2c(n1)[C@H](C)N(Cc1cc(C)nn1C)CC2. The number of ether oxygens (including phenoxy) is 1. The molecule has 0 saturated heterocycles. The summed E-state index contributed by atoms with van der Waals surface area (Å²) in [4.78, 5) is 19.1. The van der Waals surface area contributed by atoms with E-state index in [0.717, 1.165) is 36.8 Å². The monoisotopic (exact) mass is 360 g/mol. The van der Waals surface area contributed by atoms with E-state index in [1.165, 1.54) is 5.69 Å². The number of fused-ring (bicyclic) bond motifs is 1. The third kappa shape index (κ3) is 4.13. The van der Waals surface area contributed by atoms with Crippen LogP contribution in [0.15, 0.2) is 12.3 Å². The minimum atomic E-state index is -0.0210. The number of nitrogens with one attached hydrogen (secondary N) is 1. The second-order valence-corrected chi connectivity index (χ2v) is 6.85. The fourth-order valence-electron chi connectivity index (χ4n) is 3.43. The number of amides is 1. The first-order valence-corrected chi connectivity index (χ1v) is 9.03. The van der Waals surface area contributed by atoms with Crippen molar-refractivity contribution in [2.24, 2.45) is 7.05 Å². The molecule has 0 aromatic carbocycles. The summed E-state index contributed by atoms with van der Waals surface area (Å²) >= 11 is 0. The molecule has 26 heavy (non-hydrogen) atoms. The quantitative estimate of drug-likeness (QED) is 0.740. The molecule has 0 aliphatic carbocycles. The Kier molecular flexibility index (Phi) is 5.73. The van der Waals surface area contributed by atoms with E-state index >= 15 is 0 Å². The van der Waals surface area contributed by atoms with Crippen LogP contribution in [0.2, 0.25) is 0 Å². The largest absolute Gasteiger partial charge is 0.383 e. The summed E-state index contributed by atoms with van der Waals surface area (Å²) in [7, 11) is 3.60. The van der Waals surface area contributed by atoms with E-state index in [-0.39, 0.29) is 11.9 Å². The van der Waals surface area contributed by atoms with Crippen molar-refractivity contribution in [1.29, 1.82) is 0 Å². The van der Waals surface area contributed by atoms with Crippen LogP contribution in [-0.4, -0.2) is 56.9 Å². The van der Waals surface area contributed by atoms with Gasteiger partial charge in [0, 0.05) is 46.5 Å². The van der Waals surface area contributed by atoms with Crippen molar-refractivity contribution >= 4 is 5.91 Å². The number of rotatable bonds is 7. The van der Waals surface area contributed by atoms with Crippen molar-refractivity contribution in [2.45, 2.75) is 39.4 Å². The Balaban J connectivity index is 1.64. The summed E-state index contributed by atoms with van der Waals surface area (Å²) in [5.74, 6) is 1.00. The number of carbonyl (C=O) groups is 1. The molecule has 3 heterocycles. The highest BCUT2D eigenvalue weighted by Gasteiger charge is 2.27. The summed E-state index contributed by atoms with van der Waals surface area (Å²) < 4.78 is 9.06. The number of hydrogen-bond acceptors (Lipinski definition) is 5. The molecule has 2 aromatic rings. The van der Waals surface area contributed by atoms with Crippen LogP contribution in [0.1, 0.15) is 35.9 Å². The molecule has 0 radical (unpaired) electrons. The molecule has 1 atom stereocenters. The molecule has 0 fully saturated rings. The Labute approximate surface area is 154 Å². The third-order valence-corrected chi connectivity index (χ3v) is 4.84. The molecule has 0 bridgehead atoms. The average Bonchev–Trinajstić information content (AvgIpc) is 3.13. The molecule has 1 N–H and O–H groups in total. The maximum absolute atomic E-state index is 12.0. The van der Waals surface area contributed by atoms with Crippen molar-refractivity contribution in [1.82, 2.24) is 29.5 Å². The summed E-state index contributed by atoms with van der Waals surface area (Å²) in [6, 6.07) is 2.33. The van der Waals surface area contributed by atoms with Gasteiger partial charge in [0.25, 0.3) is 0 Å². The van der Waals surface area contributed by atoms with Crippen molar-refractivity contribution in [3.05, 3.63) is 35.2 Å². The first-order valence-electron chi connectivity index (χ1n) is 9.03. The lowest BCUT2D eigenvalue weighted by atomic mass is 10.2. The van der Waals surface area contributed by atoms with Crippen molar-refractivity contribution < 1.29 is 9.53 Å². The predicted molar refractivity (Wildman–Crippen MR) is 97.6 cm³/mol. The zero-order chi connectivity index (χ0) is 18.7. The molecule has 8 nitrogen and oxygen atoms in total. The predicted octanol–water partition coefficient (Wildman–Crippen LogP) is 0.807. The Hall–Kier alpha value is -2.19. The molecule has 3 rings (SSSR count). The molecule has 2 aromatic heterocycles. The van der Waals surface area contributed by atoms with Gasteiger partial charge in [-0.2, -0.15) is 5.10 Å². The van der Waals surface area contributed by atoms with Crippen LogP contribution >= 0.6 is 0 Å². The number of methoxy groups -OCH3 is 1. The van der Waals surface area contributed by atoms with Gasteiger partial charge in [-0.25, -0.2) is 4.98 Å². The molecule has 1 aliphatic heterocycles. The minimum Gasteiger partial charge on any atom is -0.383 e. The highest BCUT2D eigenvalue weighted by Crippen LogP contribution is 2.26. The smallest absolute Gasteiger partial charge is 0.226 e. The molecule has 0 spiro atoms. The van der Waals surface area contributed by atoms with Gasteiger partial charge in [-0.1, -0.05) is 0 Å². The second kappa shape index (κ2) is 8.01. The van der Waals surface area contributed by atoms with Crippen LogP contribution in [0, 0.1) is 6.92 Å². The van der Waals surface area contributed by atoms with E-state index in [9.17, 15) is 4.79 Å². The number of aromatic nitrogens is 4. The molecular formula is C18H28N6O2. The first kappa shape index (κ1) is 18.6. The van der Waals surface area contributed by atoms with E-state index in [1.807, 2.05) is 24.9 Å². The van der Waals surface area contributed by atoms with Crippen LogP contribution in [-0.2, 0) is 36.1 Å². The Morgan fingerprint density at radius 3 is 2.92 bits per heavy atom. The lowest BCUT2D eigenvalue weighted by molar-refractivity contribution is -0.120. The molecule has 1 aliphatic rings. The zero-order valence-corrected chi connectivity index (χ0v) is 16.0. The fourth-order valence-corrected chi connectivity index (χ4v) is 3.43. The lowest BCUT2D eigenvalue weighted by Crippen LogP contribution is -2.36. The summed E-state index contributed by atoms with van der Waals surface area (Å²) in [5.41, 5.74) is 3.06. The lowest BCUT2D eigenvalue weighted by Gasteiger charge is -2.33. The van der Waals surface area contributed by atoms with E-state index in [2.05, 4.69) is 32.9 Å². The summed E-state index contributed by atoms with van der Waals surface area (Å²) in [5, 5.41) is 7.27. The van der Waals surface area contributed by atoms with Crippen molar-refractivity contribution in [2.75, 3.05) is 26.8 Å². The van der Waals surface area contributed by atoms with Crippen LogP contribution in [0.3, 0.4) is 0 Å². The van der Waals surface area contributed by atoms with E-state index in [0.29, 0.717) is 19.6 Å². The molecule has 142 valence electrons. The number of aryl methyl sites for hydroxylation is 2. The summed E-state index contributed by atoms with van der Waals surface area (Å²) in [6.07, 6.45) is 2.31. The zero-order valence-electron chi connectivity index (χ0n) is 16.0. The molecule has 1 amide bonds. The molecule has 8 heteroatoms. The number of nitrogens with zero attached hydrogens (tertiary/aromatic N) is 5. The Morgan fingerprint density at radius 1 is 1.42 bits per heavy atom. The minimum absolute atomic E-state index is 0.0210.